The lowest BCUT2D eigenvalue weighted by Gasteiger charge is -2.35. The number of piperazine rings is 1. The molecule has 7 nitrogen and oxygen atoms in total. The summed E-state index contributed by atoms with van der Waals surface area (Å²) in [6.45, 7) is 8.33. The van der Waals surface area contributed by atoms with Crippen molar-refractivity contribution < 1.29 is 4.79 Å². The normalized spacial score (nSPS) is 15.6. The molecule has 0 bridgehead atoms. The first kappa shape index (κ1) is 33.1. The van der Waals surface area contributed by atoms with Crippen LogP contribution >= 0.6 is 48.8 Å². The minimum absolute atomic E-state index is 0. The van der Waals surface area contributed by atoms with Crippen LogP contribution in [0.1, 0.15) is 29.6 Å². The highest BCUT2D eigenvalue weighted by Crippen LogP contribution is 2.22. The van der Waals surface area contributed by atoms with Gasteiger partial charge in [0.15, 0.2) is 0 Å². The predicted octanol–water partition coefficient (Wildman–Crippen LogP) is 6.05. The molecule has 1 aromatic heterocycles. The van der Waals surface area contributed by atoms with Gasteiger partial charge >= 0.3 is 0 Å². The lowest BCUT2D eigenvalue weighted by Crippen LogP contribution is -2.49. The van der Waals surface area contributed by atoms with E-state index in [1.807, 2.05) is 59.5 Å². The molecule has 0 radical (unpaired) electrons. The number of rotatable bonds is 8. The fourth-order valence-electron chi connectivity index (χ4n) is 4.91. The van der Waals surface area contributed by atoms with Gasteiger partial charge in [-0.15, -0.1) is 37.2 Å². The second kappa shape index (κ2) is 16.2. The van der Waals surface area contributed by atoms with Gasteiger partial charge in [0, 0.05) is 54.2 Å². The Hall–Kier alpha value is -2.13. The van der Waals surface area contributed by atoms with Gasteiger partial charge in [0.1, 0.15) is 0 Å². The Kier molecular flexibility index (Phi) is 13.7. The zero-order valence-corrected chi connectivity index (χ0v) is 25.0. The molecule has 0 spiro atoms. The number of aromatic nitrogens is 2. The smallest absolute Gasteiger partial charge is 0.253 e. The van der Waals surface area contributed by atoms with Crippen molar-refractivity contribution in [2.24, 2.45) is 0 Å². The molecule has 5 rings (SSSR count). The van der Waals surface area contributed by atoms with Crippen molar-refractivity contribution in [2.75, 3.05) is 57.7 Å². The van der Waals surface area contributed by atoms with E-state index in [0.717, 1.165) is 49.7 Å². The van der Waals surface area contributed by atoms with Crippen LogP contribution in [0.5, 0.6) is 0 Å². The summed E-state index contributed by atoms with van der Waals surface area (Å²) in [6, 6.07) is 17.0. The number of nitrogens with zero attached hydrogens (tertiary/aromatic N) is 5. The molecule has 3 aromatic rings. The summed E-state index contributed by atoms with van der Waals surface area (Å²) >= 11 is 5.99. The lowest BCUT2D eigenvalue weighted by atomic mass is 10.1. The molecule has 3 heterocycles. The van der Waals surface area contributed by atoms with Crippen LogP contribution in [0.4, 0.5) is 11.6 Å². The summed E-state index contributed by atoms with van der Waals surface area (Å²) in [5.41, 5.74) is 3.32. The van der Waals surface area contributed by atoms with Crippen LogP contribution in [0.2, 0.25) is 5.02 Å². The average Bonchev–Trinajstić information content (AvgIpc) is 3.43. The average molecular weight is 614 g/mol. The molecule has 2 aliphatic heterocycles. The first-order valence-electron chi connectivity index (χ1n) is 12.8. The lowest BCUT2D eigenvalue weighted by molar-refractivity contribution is 0.0633. The summed E-state index contributed by atoms with van der Waals surface area (Å²) in [4.78, 5) is 29.0. The van der Waals surface area contributed by atoms with Gasteiger partial charge in [0.2, 0.25) is 5.95 Å². The molecule has 1 amide bonds. The maximum Gasteiger partial charge on any atom is 0.253 e. The maximum atomic E-state index is 13.0. The van der Waals surface area contributed by atoms with Crippen LogP contribution in [-0.2, 0) is 0 Å². The Bertz CT molecular complexity index is 1150. The number of hydrogen-bond donors (Lipinski definition) is 1. The third-order valence-corrected chi connectivity index (χ3v) is 7.24. The fraction of sp³-hybridized carbons (Fsp3) is 0.393. The molecular weight excluding hydrogens is 578 g/mol. The Morgan fingerprint density at radius 2 is 1.41 bits per heavy atom. The number of hydrogen-bond acceptors (Lipinski definition) is 6. The number of carbonyl (C=O) groups excluding carboxylic acids is 1. The summed E-state index contributed by atoms with van der Waals surface area (Å²) in [6.07, 6.45) is 5.64. The third kappa shape index (κ3) is 9.20. The first-order chi connectivity index (χ1) is 17.6. The van der Waals surface area contributed by atoms with Crippen LogP contribution < -0.4 is 5.32 Å². The molecule has 212 valence electrons. The number of carbonyl (C=O) groups is 1. The Labute approximate surface area is 254 Å². The van der Waals surface area contributed by atoms with Gasteiger partial charge in [-0.05, 0) is 87.9 Å². The number of anilines is 2. The zero-order valence-electron chi connectivity index (χ0n) is 21.8. The van der Waals surface area contributed by atoms with Gasteiger partial charge in [0.05, 0.1) is 5.69 Å². The van der Waals surface area contributed by atoms with Crippen molar-refractivity contribution in [3.63, 3.8) is 0 Å². The van der Waals surface area contributed by atoms with Crippen LogP contribution in [0.15, 0.2) is 60.8 Å². The number of likely N-dealkylation sites (tertiary alicyclic amines) is 1. The van der Waals surface area contributed by atoms with E-state index in [1.54, 1.807) is 6.20 Å². The highest BCUT2D eigenvalue weighted by molar-refractivity contribution is 6.30. The Balaban J connectivity index is 0.00000178. The summed E-state index contributed by atoms with van der Waals surface area (Å²) in [7, 11) is 0. The minimum atomic E-state index is 0. The van der Waals surface area contributed by atoms with Gasteiger partial charge in [-0.1, -0.05) is 23.7 Å². The molecule has 0 aliphatic carbocycles. The van der Waals surface area contributed by atoms with Gasteiger partial charge in [-0.25, -0.2) is 9.97 Å². The number of halogens is 4. The summed E-state index contributed by atoms with van der Waals surface area (Å²) in [5.74, 6) is 0.599. The van der Waals surface area contributed by atoms with E-state index in [2.05, 4.69) is 25.1 Å². The van der Waals surface area contributed by atoms with Gasteiger partial charge < -0.3 is 15.1 Å². The standard InChI is InChI=1S/C28H33ClN6O.3ClH/c29-24-8-4-22(5-9-24)26-12-13-30-28(32-26)31-25-10-6-23(7-11-25)27(36)35-20-18-34(19-21-35)17-3-16-33-14-1-2-15-33;;;/h4-13H,1-3,14-21H2,(H,30,31,32);3*1H. The quantitative estimate of drug-likeness (QED) is 0.334. The minimum Gasteiger partial charge on any atom is -0.336 e. The second-order valence-electron chi connectivity index (χ2n) is 9.51. The third-order valence-electron chi connectivity index (χ3n) is 6.99. The van der Waals surface area contributed by atoms with E-state index in [-0.39, 0.29) is 43.1 Å². The number of amides is 1. The molecule has 39 heavy (non-hydrogen) atoms. The van der Waals surface area contributed by atoms with Crippen molar-refractivity contribution in [3.05, 3.63) is 71.4 Å². The highest BCUT2D eigenvalue weighted by atomic mass is 35.5. The Morgan fingerprint density at radius 3 is 2.05 bits per heavy atom. The van der Waals surface area contributed by atoms with E-state index in [0.29, 0.717) is 16.5 Å². The monoisotopic (exact) mass is 612 g/mol. The largest absolute Gasteiger partial charge is 0.336 e. The fourth-order valence-corrected chi connectivity index (χ4v) is 5.03. The molecule has 1 N–H and O–H groups in total. The van der Waals surface area contributed by atoms with E-state index in [1.165, 1.54) is 38.9 Å². The Morgan fingerprint density at radius 1 is 0.795 bits per heavy atom. The van der Waals surface area contributed by atoms with Crippen molar-refractivity contribution in [1.29, 1.82) is 0 Å². The first-order valence-corrected chi connectivity index (χ1v) is 13.2. The molecule has 0 saturated carbocycles. The van der Waals surface area contributed by atoms with Crippen molar-refractivity contribution in [1.82, 2.24) is 24.7 Å². The number of benzene rings is 2. The predicted molar refractivity (Wildman–Crippen MR) is 167 cm³/mol. The molecule has 2 saturated heterocycles. The SMILES string of the molecule is Cl.Cl.Cl.O=C(c1ccc(Nc2nccc(-c3ccc(Cl)cc3)n2)cc1)N1CCN(CCCN2CCCC2)CC1. The van der Waals surface area contributed by atoms with Crippen molar-refractivity contribution >= 4 is 66.4 Å². The van der Waals surface area contributed by atoms with Crippen LogP contribution in [0.25, 0.3) is 11.3 Å². The molecule has 0 atom stereocenters. The van der Waals surface area contributed by atoms with Crippen molar-refractivity contribution in [2.45, 2.75) is 19.3 Å². The van der Waals surface area contributed by atoms with E-state index in [9.17, 15) is 4.79 Å². The van der Waals surface area contributed by atoms with Crippen molar-refractivity contribution in [3.8, 4) is 11.3 Å². The van der Waals surface area contributed by atoms with E-state index in [4.69, 9.17) is 11.6 Å². The molecule has 2 fully saturated rings. The van der Waals surface area contributed by atoms with Crippen LogP contribution in [-0.4, -0.2) is 82.9 Å². The van der Waals surface area contributed by atoms with Gasteiger partial charge in [-0.2, -0.15) is 0 Å². The maximum absolute atomic E-state index is 13.0. The van der Waals surface area contributed by atoms with E-state index < -0.39 is 0 Å². The topological polar surface area (TPSA) is 64.6 Å². The molecular formula is C28H36Cl4N6O. The van der Waals surface area contributed by atoms with Gasteiger partial charge in [-0.3, -0.25) is 9.69 Å². The van der Waals surface area contributed by atoms with E-state index >= 15 is 0 Å². The molecule has 0 unspecified atom stereocenters. The van der Waals surface area contributed by atoms with Crippen LogP contribution in [0, 0.1) is 0 Å². The molecule has 11 heteroatoms. The molecule has 2 aliphatic rings. The van der Waals surface area contributed by atoms with Gasteiger partial charge in [0.25, 0.3) is 5.91 Å². The second-order valence-corrected chi connectivity index (χ2v) is 9.95. The van der Waals surface area contributed by atoms with Crippen LogP contribution in [0.3, 0.4) is 0 Å². The zero-order chi connectivity index (χ0) is 24.7. The summed E-state index contributed by atoms with van der Waals surface area (Å²) < 4.78 is 0. The number of nitrogens with one attached hydrogen (secondary N) is 1. The highest BCUT2D eigenvalue weighted by Gasteiger charge is 2.22. The summed E-state index contributed by atoms with van der Waals surface area (Å²) in [5, 5.41) is 3.92. The molecule has 2 aromatic carbocycles.